The average Bonchev–Trinajstić information content (AvgIpc) is 2.74. The molecule has 2 N–H and O–H groups in total. The minimum Gasteiger partial charge on any atom is -0.410 e. The van der Waals surface area contributed by atoms with Gasteiger partial charge in [-0.25, -0.2) is 4.79 Å². The molecular weight excluding hydrogens is 400 g/mol. The molecule has 0 radical (unpaired) electrons. The number of non-ortho nitro benzene ring substituents is 1. The quantitative estimate of drug-likeness (QED) is 0.443. The number of nitro groups is 1. The Kier molecular flexibility index (Phi) is 6.76. The third-order valence-corrected chi connectivity index (χ3v) is 4.74. The first-order valence-corrected chi connectivity index (χ1v) is 9.75. The number of aromatic amines is 1. The standard InChI is InChI=1S/C22H22N4O5/c1-3-16-12-19(14(2)25-21(16)27)20-13-18(9-11-23-20)31-22(28)24-10-8-15-4-6-17(7-5-15)26(29)30/h4-7,9,11-13H,3,8,10H2,1-2H3,(H,24,28)(H,25,27). The molecule has 0 saturated carbocycles. The molecule has 160 valence electrons. The molecule has 0 aliphatic carbocycles. The van der Waals surface area contributed by atoms with Crippen LogP contribution >= 0.6 is 0 Å². The summed E-state index contributed by atoms with van der Waals surface area (Å²) in [7, 11) is 0. The molecule has 3 rings (SSSR count). The van der Waals surface area contributed by atoms with Gasteiger partial charge in [0.2, 0.25) is 0 Å². The molecule has 0 atom stereocenters. The number of nitrogens with zero attached hydrogens (tertiary/aromatic N) is 2. The summed E-state index contributed by atoms with van der Waals surface area (Å²) in [4.78, 5) is 41.4. The maximum atomic E-state index is 12.1. The van der Waals surface area contributed by atoms with Gasteiger partial charge < -0.3 is 15.0 Å². The molecule has 0 bridgehead atoms. The molecule has 1 amide bonds. The number of ether oxygens (including phenoxy) is 1. The Hall–Kier alpha value is -4.01. The zero-order chi connectivity index (χ0) is 22.4. The summed E-state index contributed by atoms with van der Waals surface area (Å²) in [5.74, 6) is 0.321. The van der Waals surface area contributed by atoms with E-state index in [9.17, 15) is 19.7 Å². The zero-order valence-corrected chi connectivity index (χ0v) is 17.2. The second-order valence-corrected chi connectivity index (χ2v) is 6.88. The van der Waals surface area contributed by atoms with Gasteiger partial charge in [-0.1, -0.05) is 19.1 Å². The predicted octanol–water partition coefficient (Wildman–Crippen LogP) is 3.55. The largest absolute Gasteiger partial charge is 0.412 e. The Labute approximate surface area is 178 Å². The molecular formula is C22H22N4O5. The van der Waals surface area contributed by atoms with Crippen molar-refractivity contribution in [2.75, 3.05) is 6.54 Å². The number of amides is 1. The maximum Gasteiger partial charge on any atom is 0.412 e. The van der Waals surface area contributed by atoms with E-state index in [1.54, 1.807) is 37.3 Å². The van der Waals surface area contributed by atoms with E-state index in [1.807, 2.05) is 6.92 Å². The maximum absolute atomic E-state index is 12.1. The van der Waals surface area contributed by atoms with Gasteiger partial charge in [0.25, 0.3) is 11.2 Å². The van der Waals surface area contributed by atoms with Crippen LogP contribution in [0.1, 0.15) is 23.7 Å². The van der Waals surface area contributed by atoms with Crippen LogP contribution in [-0.2, 0) is 12.8 Å². The van der Waals surface area contributed by atoms with Crippen LogP contribution in [0.5, 0.6) is 5.75 Å². The molecule has 3 aromatic rings. The Morgan fingerprint density at radius 1 is 1.23 bits per heavy atom. The van der Waals surface area contributed by atoms with Crippen molar-refractivity contribution in [1.82, 2.24) is 15.3 Å². The lowest BCUT2D eigenvalue weighted by Crippen LogP contribution is -2.28. The van der Waals surface area contributed by atoms with Crippen LogP contribution < -0.4 is 15.6 Å². The fourth-order valence-electron chi connectivity index (χ4n) is 3.05. The number of aromatic nitrogens is 2. The van der Waals surface area contributed by atoms with Gasteiger partial charge in [0.1, 0.15) is 5.75 Å². The fraction of sp³-hybridized carbons (Fsp3) is 0.227. The molecule has 9 nitrogen and oxygen atoms in total. The molecule has 2 aromatic heterocycles. The van der Waals surface area contributed by atoms with Gasteiger partial charge in [0, 0.05) is 47.8 Å². The summed E-state index contributed by atoms with van der Waals surface area (Å²) in [6.07, 6.45) is 2.01. The smallest absolute Gasteiger partial charge is 0.410 e. The first-order chi connectivity index (χ1) is 14.9. The van der Waals surface area contributed by atoms with Crippen molar-refractivity contribution in [2.24, 2.45) is 0 Å². The van der Waals surface area contributed by atoms with Gasteiger partial charge in [-0.05, 0) is 37.5 Å². The number of nitro benzene ring substituents is 1. The number of carbonyl (C=O) groups excluding carboxylic acids is 1. The highest BCUT2D eigenvalue weighted by atomic mass is 16.6. The molecule has 1 aromatic carbocycles. The second-order valence-electron chi connectivity index (χ2n) is 6.88. The van der Waals surface area contributed by atoms with Crippen LogP contribution in [0.2, 0.25) is 0 Å². The summed E-state index contributed by atoms with van der Waals surface area (Å²) < 4.78 is 5.33. The Balaban J connectivity index is 1.61. The van der Waals surface area contributed by atoms with Crippen LogP contribution in [0.4, 0.5) is 10.5 Å². The van der Waals surface area contributed by atoms with Gasteiger partial charge in [-0.2, -0.15) is 0 Å². The van der Waals surface area contributed by atoms with E-state index in [0.717, 1.165) is 11.1 Å². The van der Waals surface area contributed by atoms with Crippen molar-refractivity contribution in [1.29, 1.82) is 0 Å². The van der Waals surface area contributed by atoms with Gasteiger partial charge >= 0.3 is 6.09 Å². The van der Waals surface area contributed by atoms with Gasteiger partial charge in [0.15, 0.2) is 0 Å². The number of benzene rings is 1. The number of nitrogens with one attached hydrogen (secondary N) is 2. The number of hydrogen-bond donors (Lipinski definition) is 2. The van der Waals surface area contributed by atoms with Crippen molar-refractivity contribution in [2.45, 2.75) is 26.7 Å². The normalized spacial score (nSPS) is 10.5. The first kappa shape index (κ1) is 21.7. The van der Waals surface area contributed by atoms with Crippen molar-refractivity contribution in [3.8, 4) is 17.0 Å². The van der Waals surface area contributed by atoms with Crippen LogP contribution in [0.3, 0.4) is 0 Å². The number of H-pyrrole nitrogens is 1. The van der Waals surface area contributed by atoms with Crippen molar-refractivity contribution >= 4 is 11.8 Å². The molecule has 0 unspecified atom stereocenters. The van der Waals surface area contributed by atoms with Crippen LogP contribution in [0.25, 0.3) is 11.3 Å². The third-order valence-electron chi connectivity index (χ3n) is 4.74. The zero-order valence-electron chi connectivity index (χ0n) is 17.2. The summed E-state index contributed by atoms with van der Waals surface area (Å²) >= 11 is 0. The van der Waals surface area contributed by atoms with E-state index >= 15 is 0 Å². The van der Waals surface area contributed by atoms with Gasteiger partial charge in [0.05, 0.1) is 10.6 Å². The predicted molar refractivity (Wildman–Crippen MR) is 115 cm³/mol. The van der Waals surface area contributed by atoms with Gasteiger partial charge in [-0.15, -0.1) is 0 Å². The summed E-state index contributed by atoms with van der Waals surface area (Å²) in [5.41, 5.74) is 3.44. The van der Waals surface area contributed by atoms with Crippen molar-refractivity contribution < 1.29 is 14.5 Å². The minimum absolute atomic E-state index is 0.0217. The highest BCUT2D eigenvalue weighted by Gasteiger charge is 2.11. The highest BCUT2D eigenvalue weighted by molar-refractivity contribution is 5.71. The van der Waals surface area contributed by atoms with Crippen LogP contribution in [0.15, 0.2) is 53.5 Å². The molecule has 2 heterocycles. The van der Waals surface area contributed by atoms with Crippen LogP contribution in [0, 0.1) is 17.0 Å². The fourth-order valence-corrected chi connectivity index (χ4v) is 3.05. The molecule has 0 aliphatic rings. The van der Waals surface area contributed by atoms with E-state index < -0.39 is 11.0 Å². The molecule has 0 saturated heterocycles. The monoisotopic (exact) mass is 422 g/mol. The topological polar surface area (TPSA) is 127 Å². The number of pyridine rings is 2. The Bertz CT molecular complexity index is 1160. The van der Waals surface area contributed by atoms with Crippen molar-refractivity contribution in [3.63, 3.8) is 0 Å². The number of hydrogen-bond acceptors (Lipinski definition) is 6. The van der Waals surface area contributed by atoms with E-state index in [1.165, 1.54) is 18.3 Å². The van der Waals surface area contributed by atoms with E-state index in [4.69, 9.17) is 4.74 Å². The SMILES string of the molecule is CCc1cc(-c2cc(OC(=O)NCCc3ccc([N+](=O)[O-])cc3)ccn2)c(C)[nH]c1=O. The van der Waals surface area contributed by atoms with Gasteiger partial charge in [-0.3, -0.25) is 19.9 Å². The van der Waals surface area contributed by atoms with E-state index in [-0.39, 0.29) is 11.2 Å². The van der Waals surface area contributed by atoms with E-state index in [2.05, 4.69) is 15.3 Å². The van der Waals surface area contributed by atoms with Crippen molar-refractivity contribution in [3.05, 3.63) is 86.0 Å². The number of aryl methyl sites for hydroxylation is 2. The summed E-state index contributed by atoms with van der Waals surface area (Å²) in [5, 5.41) is 13.3. The Morgan fingerprint density at radius 3 is 2.65 bits per heavy atom. The molecule has 31 heavy (non-hydrogen) atoms. The number of carbonyl (C=O) groups is 1. The lowest BCUT2D eigenvalue weighted by molar-refractivity contribution is -0.384. The second kappa shape index (κ2) is 9.66. The summed E-state index contributed by atoms with van der Waals surface area (Å²) in [6, 6.07) is 11.2. The Morgan fingerprint density at radius 2 is 1.97 bits per heavy atom. The molecule has 0 aliphatic heterocycles. The highest BCUT2D eigenvalue weighted by Crippen LogP contribution is 2.24. The average molecular weight is 422 g/mol. The number of rotatable bonds is 7. The summed E-state index contributed by atoms with van der Waals surface area (Å²) in [6.45, 7) is 4.00. The third kappa shape index (κ3) is 5.53. The lowest BCUT2D eigenvalue weighted by Gasteiger charge is -2.10. The molecule has 9 heteroatoms. The van der Waals surface area contributed by atoms with E-state index in [0.29, 0.717) is 42.1 Å². The first-order valence-electron chi connectivity index (χ1n) is 9.75. The van der Waals surface area contributed by atoms with Crippen LogP contribution in [-0.4, -0.2) is 27.5 Å². The molecule has 0 fully saturated rings. The minimum atomic E-state index is -0.619. The molecule has 0 spiro atoms. The lowest BCUT2D eigenvalue weighted by atomic mass is 10.1.